The van der Waals surface area contributed by atoms with E-state index >= 15 is 4.79 Å². The molecule has 0 saturated heterocycles. The average molecular weight is 1380 g/mol. The van der Waals surface area contributed by atoms with Gasteiger partial charge >= 0.3 is 12.4 Å². The molecule has 2 aliphatic carbocycles. The summed E-state index contributed by atoms with van der Waals surface area (Å²) in [6.07, 6.45) is -15.9. The van der Waals surface area contributed by atoms with Gasteiger partial charge in [0.25, 0.3) is 11.1 Å². The summed E-state index contributed by atoms with van der Waals surface area (Å²) in [5.41, 5.74) is -12.3. The van der Waals surface area contributed by atoms with Crippen LogP contribution >= 0.6 is 23.5 Å². The number of carbonyl (C=O) groups excluding carboxylic acids is 2. The highest BCUT2D eigenvalue weighted by Crippen LogP contribution is 2.35. The molecule has 6 aromatic carbocycles. The highest BCUT2D eigenvalue weighted by Gasteiger charge is 2.33. The first-order valence-corrected chi connectivity index (χ1v) is 30.7. The lowest BCUT2D eigenvalue weighted by Gasteiger charge is -2.28. The topological polar surface area (TPSA) is 117 Å². The maximum absolute atomic E-state index is 15.4. The third-order valence-corrected chi connectivity index (χ3v) is 15.9. The summed E-state index contributed by atoms with van der Waals surface area (Å²) in [6, 6.07) is -0.505. The van der Waals surface area contributed by atoms with Gasteiger partial charge in [-0.1, -0.05) is 155 Å². The molecule has 0 spiro atoms. The van der Waals surface area contributed by atoms with E-state index in [2.05, 4.69) is 14.9 Å². The molecule has 2 amide bonds. The van der Waals surface area contributed by atoms with Crippen molar-refractivity contribution in [3.63, 3.8) is 0 Å². The minimum absolute atomic E-state index is 0.00159. The van der Waals surface area contributed by atoms with Crippen molar-refractivity contribution in [3.05, 3.63) is 234 Å². The van der Waals surface area contributed by atoms with Gasteiger partial charge in [0.1, 0.15) is 24.6 Å². The predicted molar refractivity (Wildman–Crippen MR) is 358 cm³/mol. The number of fused-ring (bicyclic) bond motifs is 2. The molecular weight excluding hydrogens is 1270 g/mol. The van der Waals surface area contributed by atoms with Crippen LogP contribution in [0, 0.1) is 17.5 Å². The Balaban J connectivity index is 0.000000306. The zero-order valence-electron chi connectivity index (χ0n) is 82.1. The van der Waals surface area contributed by atoms with E-state index in [-0.39, 0.29) is 57.8 Å². The van der Waals surface area contributed by atoms with E-state index in [1.54, 1.807) is 24.3 Å². The van der Waals surface area contributed by atoms with E-state index in [0.717, 1.165) is 28.8 Å². The predicted octanol–water partition coefficient (Wildman–Crippen LogP) is 14.7. The summed E-state index contributed by atoms with van der Waals surface area (Å²) in [5.74, 6) is -9.85. The van der Waals surface area contributed by atoms with Crippen LogP contribution in [0.4, 0.5) is 35.1 Å². The van der Waals surface area contributed by atoms with Gasteiger partial charge in [-0.3, -0.25) is 19.2 Å². The molecule has 2 aliphatic rings. The Hall–Kier alpha value is -7.92. The molecule has 0 aliphatic heterocycles. The number of aromatic nitrogens is 4. The molecular formula is C73H78F8N8O4S2. The molecule has 95 heavy (non-hydrogen) atoms. The second kappa shape index (κ2) is 32.7. The minimum atomic E-state index is -5.50. The van der Waals surface area contributed by atoms with Gasteiger partial charge < -0.3 is 28.7 Å². The van der Waals surface area contributed by atoms with Crippen LogP contribution in [0.2, 0.25) is 0 Å². The SMILES string of the molecule is [2H]C([2H])(Sc1nc(=O)c2c(n1C([2H])([2H])C(=O)N(CCN(CC)CC)Cc1ccc(-c3ccc(C(F)(F)F)cc3)cc1)CCC2)c1ccc(F)cc1.[2H]c1c([2H])c(CSc2nc(=O)c3c(n2C([2H])([2H])C(=O)N(Cc2c([2H])c([2H])c(-c4c([2H])c([2H])c(C(F)(F)F)c([2H])c4[2H])c([2H])c2[2H])C([2H])([2H])C([2H])([2H])N(C([2H])([2H])C)C([2H])([2H])C)C([2H])([2H])C([2H])(C)C3([2H])[2H])c([2H])c([2H])c1F. The zero-order valence-corrected chi connectivity index (χ0v) is 52.7. The third-order valence-electron chi connectivity index (χ3n) is 14.2. The maximum Gasteiger partial charge on any atom is 0.416 e. The summed E-state index contributed by atoms with van der Waals surface area (Å²) in [6.45, 7) is -17.0. The molecule has 0 saturated carbocycles. The van der Waals surface area contributed by atoms with Gasteiger partial charge in [-0.2, -0.15) is 36.3 Å². The van der Waals surface area contributed by atoms with Crippen LogP contribution in [0.1, 0.15) is 139 Å². The van der Waals surface area contributed by atoms with Crippen LogP contribution in [0.3, 0.4) is 0 Å². The average Bonchev–Trinajstić information content (AvgIpc) is 1.51. The Kier molecular flexibility index (Phi) is 14.0. The number of nitrogens with zero attached hydrogens (tertiary/aromatic N) is 8. The Morgan fingerprint density at radius 2 is 1.09 bits per heavy atom. The molecule has 1 atom stereocenters. The Bertz CT molecular complexity index is 5600. The number of hydrogen-bond acceptors (Lipinski definition) is 10. The summed E-state index contributed by atoms with van der Waals surface area (Å²) >= 11 is 0.470. The molecule has 10 rings (SSSR count). The smallest absolute Gasteiger partial charge is 0.336 e. The minimum Gasteiger partial charge on any atom is -0.336 e. The number of thioether (sulfide) groups is 2. The normalized spacial score (nSPS) is 21.2. The fraction of sp³-hybridized carbons (Fsp3) is 0.370. The van der Waals surface area contributed by atoms with Crippen LogP contribution in [0.25, 0.3) is 22.3 Å². The summed E-state index contributed by atoms with van der Waals surface area (Å²) < 4.78 is 379. The number of rotatable bonds is 26. The van der Waals surface area contributed by atoms with E-state index in [1.165, 1.54) is 29.2 Å². The quantitative estimate of drug-likeness (QED) is 0.0295. The number of carbonyl (C=O) groups is 2. The van der Waals surface area contributed by atoms with Gasteiger partial charge in [-0.15, -0.1) is 0 Å². The van der Waals surface area contributed by atoms with E-state index < -0.39 is 255 Å². The van der Waals surface area contributed by atoms with E-state index in [4.69, 9.17) is 34.3 Å². The van der Waals surface area contributed by atoms with Crippen molar-refractivity contribution >= 4 is 35.3 Å². The maximum atomic E-state index is 15.4. The Labute approximate surface area is 601 Å². The second-order valence-corrected chi connectivity index (χ2v) is 22.2. The van der Waals surface area contributed by atoms with Crippen molar-refractivity contribution < 1.29 is 87.2 Å². The first-order chi connectivity index (χ1) is 57.5. The van der Waals surface area contributed by atoms with Crippen molar-refractivity contribution in [2.45, 2.75) is 127 Å². The molecule has 22 heteroatoms. The molecule has 12 nitrogen and oxygen atoms in total. The van der Waals surface area contributed by atoms with Gasteiger partial charge in [0.15, 0.2) is 10.3 Å². The highest BCUT2D eigenvalue weighted by atomic mass is 32.2. The van der Waals surface area contributed by atoms with E-state index in [9.17, 15) is 57.7 Å². The van der Waals surface area contributed by atoms with Crippen molar-refractivity contribution in [1.82, 2.24) is 38.7 Å². The first kappa shape index (κ1) is 40.6. The molecule has 0 N–H and O–H groups in total. The van der Waals surface area contributed by atoms with E-state index in [0.29, 0.717) is 81.7 Å². The zero-order chi connectivity index (χ0) is 95.5. The van der Waals surface area contributed by atoms with Gasteiger partial charge in [0, 0.05) is 91.0 Å². The molecule has 502 valence electrons. The molecule has 0 fully saturated rings. The van der Waals surface area contributed by atoms with Crippen LogP contribution in [-0.4, -0.2) is 103 Å². The number of hydrogen-bond donors (Lipinski definition) is 0. The molecule has 2 aromatic heterocycles. The Morgan fingerprint density at radius 1 is 0.568 bits per heavy atom. The van der Waals surface area contributed by atoms with Crippen molar-refractivity contribution in [3.8, 4) is 22.3 Å². The molecule has 0 radical (unpaired) electrons. The van der Waals surface area contributed by atoms with Crippen molar-refractivity contribution in [2.75, 3.05) is 52.2 Å². The number of halogens is 8. The highest BCUT2D eigenvalue weighted by molar-refractivity contribution is 7.98. The number of amides is 2. The monoisotopic (exact) mass is 1380 g/mol. The number of alkyl halides is 6. The number of likely N-dealkylation sites (N-methyl/N-ethyl adjacent to an activating group) is 2. The molecule has 1 unspecified atom stereocenters. The second-order valence-electron chi connectivity index (χ2n) is 20.5. The largest absolute Gasteiger partial charge is 0.416 e. The van der Waals surface area contributed by atoms with Crippen LogP contribution < -0.4 is 11.1 Å². The lowest BCUT2D eigenvalue weighted by Crippen LogP contribution is -2.40. The van der Waals surface area contributed by atoms with Gasteiger partial charge in [0.2, 0.25) is 11.8 Å². The Morgan fingerprint density at radius 3 is 1.68 bits per heavy atom. The van der Waals surface area contributed by atoms with Gasteiger partial charge in [-0.25, -0.2) is 8.78 Å². The third kappa shape index (κ3) is 19.2. The van der Waals surface area contributed by atoms with Gasteiger partial charge in [-0.05, 0) is 157 Å². The van der Waals surface area contributed by atoms with Crippen LogP contribution in [0.15, 0.2) is 165 Å². The van der Waals surface area contributed by atoms with Crippen molar-refractivity contribution in [2.24, 2.45) is 5.89 Å². The summed E-state index contributed by atoms with van der Waals surface area (Å²) in [5, 5.41) is -1.57. The molecule has 2 heterocycles. The fourth-order valence-electron chi connectivity index (χ4n) is 9.22. The fourth-order valence-corrected chi connectivity index (χ4v) is 10.8. The lowest BCUT2D eigenvalue weighted by atomic mass is 10.0. The van der Waals surface area contributed by atoms with Crippen LogP contribution in [0.5, 0.6) is 0 Å². The standard InChI is InChI=1S/C37H40F4N4O2S.C36H38F4N4O2S/c1-4-43(5-2)18-19-44(22-26-6-10-28(11-7-26)29-12-14-30(15-13-29)37(39,40)41)34(46)23-45-33-21-25(3)20-32(33)35(47)42-36(45)48-24-27-8-16-31(38)17-9-27;1-3-42(4-2)20-21-43(22-25-8-12-27(13-9-25)28-14-16-29(17-15-28)36(38,39)40)33(45)23-44-32-7-5-6-31(32)34(46)41-35(44)47-24-26-10-18-30(37)19-11-26/h6-17,25H,4-5,18-24H2,1-3H3;8-19H,3-7,20-24H2,1-2H3/i4D2,5D2,6D,7D,8D,9D,10D,11D,12D,13D,14D,15D,16D,17D,18D2,19D2,20D2,21D2,23D2,25D;23D2,24D2. The van der Waals surface area contributed by atoms with Crippen LogP contribution in [-0.2, 0) is 85.1 Å². The van der Waals surface area contributed by atoms with Crippen molar-refractivity contribution in [1.29, 1.82) is 0 Å². The number of benzene rings is 6. The summed E-state index contributed by atoms with van der Waals surface area (Å²) in [7, 11) is 0. The van der Waals surface area contributed by atoms with Gasteiger partial charge in [0.05, 0.1) is 35.8 Å². The first-order valence-electron chi connectivity index (χ1n) is 44.4. The summed E-state index contributed by atoms with van der Waals surface area (Å²) in [4.78, 5) is 66.9. The van der Waals surface area contributed by atoms with E-state index in [1.807, 2.05) is 13.8 Å². The molecule has 8 aromatic rings. The molecule has 0 bridgehead atoms. The lowest BCUT2D eigenvalue weighted by molar-refractivity contribution is -0.138.